The Morgan fingerprint density at radius 2 is 2.20 bits per heavy atom. The zero-order valence-corrected chi connectivity index (χ0v) is 15.9. The van der Waals surface area contributed by atoms with Crippen LogP contribution in [0.5, 0.6) is 0 Å². The predicted molar refractivity (Wildman–Crippen MR) is 95.9 cm³/mol. The Morgan fingerprint density at radius 3 is 2.92 bits per heavy atom. The van der Waals surface area contributed by atoms with Crippen LogP contribution in [0.15, 0.2) is 16.8 Å². The topological polar surface area (TPSA) is 63.2 Å². The molecule has 1 fully saturated rings. The van der Waals surface area contributed by atoms with Gasteiger partial charge in [-0.25, -0.2) is 0 Å². The molecule has 138 valence electrons. The third-order valence-corrected chi connectivity index (χ3v) is 5.10. The first-order valence-corrected chi connectivity index (χ1v) is 9.26. The molecule has 1 saturated heterocycles. The van der Waals surface area contributed by atoms with Gasteiger partial charge in [0.05, 0.1) is 18.3 Å². The van der Waals surface area contributed by atoms with Gasteiger partial charge in [0.1, 0.15) is 0 Å². The largest absolute Gasteiger partial charge is 0.339 e. The van der Waals surface area contributed by atoms with E-state index < -0.39 is 0 Å². The predicted octanol–water partition coefficient (Wildman–Crippen LogP) is 2.27. The molecule has 7 heteroatoms. The SMILES string of the molecule is CCCc1nc(CN(C)C[C@@H]2CCCN(C)[C@H]2c2ccnn2C)no1. The van der Waals surface area contributed by atoms with Crippen LogP contribution in [-0.4, -0.2) is 56.9 Å². The lowest BCUT2D eigenvalue weighted by atomic mass is 9.87. The Balaban J connectivity index is 1.65. The van der Waals surface area contributed by atoms with Crippen LogP contribution in [0.4, 0.5) is 0 Å². The maximum Gasteiger partial charge on any atom is 0.226 e. The summed E-state index contributed by atoms with van der Waals surface area (Å²) in [5.41, 5.74) is 1.30. The monoisotopic (exact) mass is 346 g/mol. The molecule has 0 N–H and O–H groups in total. The van der Waals surface area contributed by atoms with Crippen LogP contribution in [0.3, 0.4) is 0 Å². The number of aryl methyl sites for hydroxylation is 2. The third-order valence-electron chi connectivity index (χ3n) is 5.10. The van der Waals surface area contributed by atoms with Crippen LogP contribution in [0, 0.1) is 5.92 Å². The number of piperidine rings is 1. The highest BCUT2D eigenvalue weighted by Crippen LogP contribution is 2.35. The highest BCUT2D eigenvalue weighted by atomic mass is 16.5. The van der Waals surface area contributed by atoms with Crippen LogP contribution in [0.2, 0.25) is 0 Å². The molecule has 25 heavy (non-hydrogen) atoms. The Bertz CT molecular complexity index is 666. The van der Waals surface area contributed by atoms with Gasteiger partial charge in [0, 0.05) is 26.2 Å². The van der Waals surface area contributed by atoms with Crippen LogP contribution < -0.4 is 0 Å². The fraction of sp³-hybridized carbons (Fsp3) is 0.722. The minimum absolute atomic E-state index is 0.407. The van der Waals surface area contributed by atoms with E-state index in [1.165, 1.54) is 18.5 Å². The quantitative estimate of drug-likeness (QED) is 0.766. The van der Waals surface area contributed by atoms with E-state index in [1.54, 1.807) is 0 Å². The van der Waals surface area contributed by atoms with Gasteiger partial charge >= 0.3 is 0 Å². The van der Waals surface area contributed by atoms with Gasteiger partial charge in [-0.2, -0.15) is 10.1 Å². The van der Waals surface area contributed by atoms with Gasteiger partial charge in [-0.05, 0) is 51.9 Å². The second-order valence-corrected chi connectivity index (χ2v) is 7.26. The average Bonchev–Trinajstić information content (AvgIpc) is 3.17. The maximum atomic E-state index is 5.30. The summed E-state index contributed by atoms with van der Waals surface area (Å²) in [7, 11) is 6.40. The molecule has 2 aromatic heterocycles. The molecule has 0 amide bonds. The van der Waals surface area contributed by atoms with Crippen molar-refractivity contribution in [2.45, 2.75) is 45.2 Å². The normalized spacial score (nSPS) is 22.0. The zero-order chi connectivity index (χ0) is 17.8. The summed E-state index contributed by atoms with van der Waals surface area (Å²) in [6, 6.07) is 2.56. The molecule has 3 rings (SSSR count). The van der Waals surface area contributed by atoms with E-state index in [1.807, 2.05) is 17.9 Å². The number of rotatable bonds is 7. The highest BCUT2D eigenvalue weighted by Gasteiger charge is 2.33. The van der Waals surface area contributed by atoms with E-state index >= 15 is 0 Å². The van der Waals surface area contributed by atoms with Gasteiger partial charge in [0.15, 0.2) is 5.82 Å². The summed E-state index contributed by atoms with van der Waals surface area (Å²) in [6.45, 7) is 5.00. The van der Waals surface area contributed by atoms with Crippen LogP contribution in [-0.2, 0) is 20.0 Å². The van der Waals surface area contributed by atoms with E-state index in [4.69, 9.17) is 4.52 Å². The molecule has 1 aliphatic heterocycles. The van der Waals surface area contributed by atoms with Gasteiger partial charge < -0.3 is 4.52 Å². The summed E-state index contributed by atoms with van der Waals surface area (Å²) in [5.74, 6) is 2.10. The summed E-state index contributed by atoms with van der Waals surface area (Å²) in [4.78, 5) is 9.27. The molecule has 3 heterocycles. The standard InChI is InChI=1S/C18H30N6O/c1-5-7-17-20-16(21-25-17)13-22(2)12-14-8-6-11-23(3)18(14)15-9-10-19-24(15)4/h9-10,14,18H,5-8,11-13H2,1-4H3/t14-,18+/m0/s1. The molecular formula is C18H30N6O. The zero-order valence-electron chi connectivity index (χ0n) is 15.9. The summed E-state index contributed by atoms with van der Waals surface area (Å²) < 4.78 is 7.31. The maximum absolute atomic E-state index is 5.30. The molecule has 0 spiro atoms. The Hall–Kier alpha value is -1.73. The second-order valence-electron chi connectivity index (χ2n) is 7.26. The van der Waals surface area contributed by atoms with Crippen molar-refractivity contribution in [1.29, 1.82) is 0 Å². The molecule has 7 nitrogen and oxygen atoms in total. The fourth-order valence-corrected chi connectivity index (χ4v) is 3.97. The van der Waals surface area contributed by atoms with Gasteiger partial charge in [0.25, 0.3) is 0 Å². The molecule has 0 radical (unpaired) electrons. The van der Waals surface area contributed by atoms with Gasteiger partial charge in [-0.3, -0.25) is 14.5 Å². The van der Waals surface area contributed by atoms with Crippen molar-refractivity contribution in [2.75, 3.05) is 27.2 Å². The first kappa shape index (κ1) is 18.1. The van der Waals surface area contributed by atoms with Crippen molar-refractivity contribution in [3.8, 4) is 0 Å². The fourth-order valence-electron chi connectivity index (χ4n) is 3.97. The molecule has 0 bridgehead atoms. The minimum Gasteiger partial charge on any atom is -0.339 e. The van der Waals surface area contributed by atoms with E-state index in [0.29, 0.717) is 12.0 Å². The molecule has 0 saturated carbocycles. The number of hydrogen-bond donors (Lipinski definition) is 0. The van der Waals surface area contributed by atoms with E-state index in [9.17, 15) is 0 Å². The summed E-state index contributed by atoms with van der Waals surface area (Å²) >= 11 is 0. The molecule has 0 aliphatic carbocycles. The Labute approximate surface area is 150 Å². The summed E-state index contributed by atoms with van der Waals surface area (Å²) in [6.07, 6.45) is 6.25. The molecule has 0 aromatic carbocycles. The molecule has 2 atom stereocenters. The average molecular weight is 346 g/mol. The number of aromatic nitrogens is 4. The van der Waals surface area contributed by atoms with Crippen LogP contribution >= 0.6 is 0 Å². The number of hydrogen-bond acceptors (Lipinski definition) is 6. The lowest BCUT2D eigenvalue weighted by Crippen LogP contribution is -2.41. The van der Waals surface area contributed by atoms with Gasteiger partial charge in [-0.15, -0.1) is 0 Å². The minimum atomic E-state index is 0.407. The van der Waals surface area contributed by atoms with E-state index in [-0.39, 0.29) is 0 Å². The number of nitrogens with zero attached hydrogens (tertiary/aromatic N) is 6. The van der Waals surface area contributed by atoms with E-state index in [2.05, 4.69) is 52.1 Å². The van der Waals surface area contributed by atoms with Crippen molar-refractivity contribution in [2.24, 2.45) is 13.0 Å². The van der Waals surface area contributed by atoms with Crippen LogP contribution in [0.1, 0.15) is 49.6 Å². The van der Waals surface area contributed by atoms with Gasteiger partial charge in [0.2, 0.25) is 5.89 Å². The Kier molecular flexibility index (Phi) is 5.86. The molecule has 0 unspecified atom stereocenters. The van der Waals surface area contributed by atoms with Crippen molar-refractivity contribution < 1.29 is 4.52 Å². The van der Waals surface area contributed by atoms with Crippen molar-refractivity contribution >= 4 is 0 Å². The molecule has 1 aliphatic rings. The second kappa shape index (κ2) is 8.10. The van der Waals surface area contributed by atoms with Crippen molar-refractivity contribution in [3.05, 3.63) is 29.7 Å². The highest BCUT2D eigenvalue weighted by molar-refractivity contribution is 5.10. The Morgan fingerprint density at radius 1 is 1.36 bits per heavy atom. The van der Waals surface area contributed by atoms with E-state index in [0.717, 1.165) is 44.2 Å². The van der Waals surface area contributed by atoms with Gasteiger partial charge in [-0.1, -0.05) is 12.1 Å². The number of likely N-dealkylation sites (tertiary alicyclic amines) is 1. The lowest BCUT2D eigenvalue weighted by Gasteiger charge is -2.40. The smallest absolute Gasteiger partial charge is 0.226 e. The molecular weight excluding hydrogens is 316 g/mol. The summed E-state index contributed by atoms with van der Waals surface area (Å²) in [5, 5.41) is 8.49. The lowest BCUT2D eigenvalue weighted by molar-refractivity contribution is 0.0864. The first-order chi connectivity index (χ1) is 12.1. The van der Waals surface area contributed by atoms with Crippen molar-refractivity contribution in [1.82, 2.24) is 29.7 Å². The molecule has 2 aromatic rings. The third kappa shape index (κ3) is 4.27. The van der Waals surface area contributed by atoms with Crippen molar-refractivity contribution in [3.63, 3.8) is 0 Å². The first-order valence-electron chi connectivity index (χ1n) is 9.26. The van der Waals surface area contributed by atoms with Crippen LogP contribution in [0.25, 0.3) is 0 Å².